The third kappa shape index (κ3) is 2.75. The van der Waals surface area contributed by atoms with Crippen molar-refractivity contribution >= 4 is 28.4 Å². The van der Waals surface area contributed by atoms with Crippen LogP contribution >= 0.6 is 11.6 Å². The molecule has 1 saturated heterocycles. The summed E-state index contributed by atoms with van der Waals surface area (Å²) in [5.74, 6) is 1.18. The minimum Gasteiger partial charge on any atom is -0.337 e. The number of benzene rings is 1. The fourth-order valence-electron chi connectivity index (χ4n) is 2.85. The fraction of sp³-hybridized carbons (Fsp3) is 0.412. The van der Waals surface area contributed by atoms with Gasteiger partial charge >= 0.3 is 0 Å². The van der Waals surface area contributed by atoms with Crippen LogP contribution in [-0.2, 0) is 0 Å². The first-order valence-electron chi connectivity index (χ1n) is 7.41. The zero-order valence-corrected chi connectivity index (χ0v) is 13.1. The number of likely N-dealkylation sites (tertiary alicyclic amines) is 1. The molecule has 0 spiro atoms. The van der Waals surface area contributed by atoms with Crippen LogP contribution in [0.5, 0.6) is 0 Å². The minimum absolute atomic E-state index is 0.0126. The molecule has 3 rings (SSSR count). The number of para-hydroxylation sites is 1. The highest BCUT2D eigenvalue weighted by atomic mass is 35.5. The standard InChI is InChI=1S/C17H19ClN2O/c1-11-7-8-20(10-12(11)2)17(21)16-9-14(18)13-5-3-4-6-15(13)19-16/h3-6,9,11-12H,7-8,10H2,1-2H3. The molecule has 4 heteroatoms. The molecule has 21 heavy (non-hydrogen) atoms. The highest BCUT2D eigenvalue weighted by molar-refractivity contribution is 6.35. The summed E-state index contributed by atoms with van der Waals surface area (Å²) in [6.07, 6.45) is 1.05. The van der Waals surface area contributed by atoms with E-state index in [1.54, 1.807) is 6.07 Å². The van der Waals surface area contributed by atoms with Crippen molar-refractivity contribution in [1.82, 2.24) is 9.88 Å². The van der Waals surface area contributed by atoms with Gasteiger partial charge in [-0.3, -0.25) is 4.79 Å². The fourth-order valence-corrected chi connectivity index (χ4v) is 3.11. The van der Waals surface area contributed by atoms with Crippen LogP contribution in [0.2, 0.25) is 5.02 Å². The smallest absolute Gasteiger partial charge is 0.272 e. The summed E-state index contributed by atoms with van der Waals surface area (Å²) in [7, 11) is 0. The molecule has 1 aliphatic rings. The highest BCUT2D eigenvalue weighted by Crippen LogP contribution is 2.26. The monoisotopic (exact) mass is 302 g/mol. The number of amides is 1. The average Bonchev–Trinajstić information content (AvgIpc) is 2.49. The van der Waals surface area contributed by atoms with Crippen LogP contribution in [0.4, 0.5) is 0 Å². The Morgan fingerprint density at radius 2 is 2.05 bits per heavy atom. The van der Waals surface area contributed by atoms with E-state index in [9.17, 15) is 4.79 Å². The molecule has 2 unspecified atom stereocenters. The summed E-state index contributed by atoms with van der Waals surface area (Å²) in [6.45, 7) is 6.05. The van der Waals surface area contributed by atoms with Gasteiger partial charge in [-0.25, -0.2) is 4.98 Å². The van der Waals surface area contributed by atoms with Crippen LogP contribution in [0.1, 0.15) is 30.8 Å². The lowest BCUT2D eigenvalue weighted by Crippen LogP contribution is -2.42. The van der Waals surface area contributed by atoms with Gasteiger partial charge in [-0.05, 0) is 30.4 Å². The van der Waals surface area contributed by atoms with Crippen molar-refractivity contribution in [2.24, 2.45) is 11.8 Å². The number of hydrogen-bond donors (Lipinski definition) is 0. The molecule has 3 nitrogen and oxygen atoms in total. The van der Waals surface area contributed by atoms with Crippen molar-refractivity contribution in [2.75, 3.05) is 13.1 Å². The maximum atomic E-state index is 12.7. The highest BCUT2D eigenvalue weighted by Gasteiger charge is 2.27. The maximum Gasteiger partial charge on any atom is 0.272 e. The maximum absolute atomic E-state index is 12.7. The molecule has 1 fully saturated rings. The first-order valence-corrected chi connectivity index (χ1v) is 7.78. The van der Waals surface area contributed by atoms with Crippen molar-refractivity contribution in [3.63, 3.8) is 0 Å². The van der Waals surface area contributed by atoms with Gasteiger partial charge in [0, 0.05) is 18.5 Å². The Bertz CT molecular complexity index is 686. The predicted octanol–water partition coefficient (Wildman–Crippen LogP) is 4.01. The van der Waals surface area contributed by atoms with Crippen molar-refractivity contribution in [3.8, 4) is 0 Å². The lowest BCUT2D eigenvalue weighted by atomic mass is 9.88. The van der Waals surface area contributed by atoms with Gasteiger partial charge in [0.25, 0.3) is 5.91 Å². The van der Waals surface area contributed by atoms with Crippen LogP contribution in [0.15, 0.2) is 30.3 Å². The molecule has 0 aliphatic carbocycles. The minimum atomic E-state index is -0.0126. The Morgan fingerprint density at radius 1 is 1.29 bits per heavy atom. The van der Waals surface area contributed by atoms with Gasteiger partial charge < -0.3 is 4.90 Å². The summed E-state index contributed by atoms with van der Waals surface area (Å²) >= 11 is 6.29. The molecular weight excluding hydrogens is 284 g/mol. The predicted molar refractivity (Wildman–Crippen MR) is 85.6 cm³/mol. The molecule has 2 atom stereocenters. The van der Waals surface area contributed by atoms with Crippen LogP contribution in [0, 0.1) is 11.8 Å². The van der Waals surface area contributed by atoms with Gasteiger partial charge in [0.15, 0.2) is 0 Å². The molecule has 0 radical (unpaired) electrons. The Balaban J connectivity index is 1.91. The normalized spacial score (nSPS) is 22.5. The molecule has 1 aliphatic heterocycles. The zero-order chi connectivity index (χ0) is 15.0. The molecule has 2 aromatic rings. The van der Waals surface area contributed by atoms with Crippen LogP contribution in [0.25, 0.3) is 10.9 Å². The second kappa shape index (κ2) is 5.64. The first kappa shape index (κ1) is 14.3. The van der Waals surface area contributed by atoms with Crippen LogP contribution in [0.3, 0.4) is 0 Å². The third-order valence-corrected chi connectivity index (χ3v) is 4.82. The van der Waals surface area contributed by atoms with Gasteiger partial charge in [-0.15, -0.1) is 0 Å². The van der Waals surface area contributed by atoms with E-state index in [1.807, 2.05) is 29.2 Å². The Kier molecular flexibility index (Phi) is 3.85. The Morgan fingerprint density at radius 3 is 2.81 bits per heavy atom. The number of carbonyl (C=O) groups excluding carboxylic acids is 1. The van der Waals surface area contributed by atoms with Crippen molar-refractivity contribution < 1.29 is 4.79 Å². The third-order valence-electron chi connectivity index (χ3n) is 4.51. The second-order valence-corrected chi connectivity index (χ2v) is 6.41. The number of pyridine rings is 1. The first-order chi connectivity index (χ1) is 10.1. The summed E-state index contributed by atoms with van der Waals surface area (Å²) in [4.78, 5) is 19.0. The number of nitrogens with zero attached hydrogens (tertiary/aromatic N) is 2. The van der Waals surface area contributed by atoms with Gasteiger partial charge in [0.05, 0.1) is 10.5 Å². The molecule has 1 amide bonds. The van der Waals surface area contributed by atoms with Crippen molar-refractivity contribution in [3.05, 3.63) is 41.0 Å². The molecule has 1 aromatic heterocycles. The van der Waals surface area contributed by atoms with E-state index >= 15 is 0 Å². The van der Waals surface area contributed by atoms with Gasteiger partial charge in [-0.2, -0.15) is 0 Å². The molecule has 2 heterocycles. The number of rotatable bonds is 1. The number of hydrogen-bond acceptors (Lipinski definition) is 2. The number of halogens is 1. The molecule has 0 N–H and O–H groups in total. The van der Waals surface area contributed by atoms with E-state index in [-0.39, 0.29) is 5.91 Å². The van der Waals surface area contributed by atoms with Crippen LogP contribution < -0.4 is 0 Å². The average molecular weight is 303 g/mol. The number of aromatic nitrogens is 1. The number of carbonyl (C=O) groups is 1. The largest absolute Gasteiger partial charge is 0.337 e. The molecule has 110 valence electrons. The Hall–Kier alpha value is -1.61. The van der Waals surface area contributed by atoms with E-state index in [1.165, 1.54) is 0 Å². The van der Waals surface area contributed by atoms with Gasteiger partial charge in [0.2, 0.25) is 0 Å². The topological polar surface area (TPSA) is 33.2 Å². The lowest BCUT2D eigenvalue weighted by Gasteiger charge is -2.35. The summed E-state index contributed by atoms with van der Waals surface area (Å²) < 4.78 is 0. The van der Waals surface area contributed by atoms with Gasteiger partial charge in [0.1, 0.15) is 5.69 Å². The SMILES string of the molecule is CC1CCN(C(=O)c2cc(Cl)c3ccccc3n2)CC1C. The molecule has 1 aromatic carbocycles. The van der Waals surface area contributed by atoms with E-state index in [2.05, 4.69) is 18.8 Å². The summed E-state index contributed by atoms with van der Waals surface area (Å²) in [6, 6.07) is 9.33. The lowest BCUT2D eigenvalue weighted by molar-refractivity contribution is 0.0622. The Labute approximate surface area is 129 Å². The van der Waals surface area contributed by atoms with Crippen molar-refractivity contribution in [2.45, 2.75) is 20.3 Å². The van der Waals surface area contributed by atoms with Gasteiger partial charge in [-0.1, -0.05) is 43.6 Å². The quantitative estimate of drug-likeness (QED) is 0.797. The molecular formula is C17H19ClN2O. The van der Waals surface area contributed by atoms with E-state index in [0.717, 1.165) is 30.4 Å². The van der Waals surface area contributed by atoms with E-state index < -0.39 is 0 Å². The van der Waals surface area contributed by atoms with E-state index in [0.29, 0.717) is 22.6 Å². The number of fused-ring (bicyclic) bond motifs is 1. The summed E-state index contributed by atoms with van der Waals surface area (Å²) in [5, 5.41) is 1.47. The van der Waals surface area contributed by atoms with Crippen LogP contribution in [-0.4, -0.2) is 28.9 Å². The molecule has 0 saturated carbocycles. The summed E-state index contributed by atoms with van der Waals surface area (Å²) in [5.41, 5.74) is 1.22. The second-order valence-electron chi connectivity index (χ2n) is 6.00. The van der Waals surface area contributed by atoms with E-state index in [4.69, 9.17) is 11.6 Å². The molecule has 0 bridgehead atoms. The van der Waals surface area contributed by atoms with Crippen molar-refractivity contribution in [1.29, 1.82) is 0 Å². The zero-order valence-electron chi connectivity index (χ0n) is 12.3. The number of piperidine rings is 1.